The van der Waals surface area contributed by atoms with Crippen molar-refractivity contribution in [3.8, 4) is 28.1 Å². The molecule has 3 rings (SSSR count). The van der Waals surface area contributed by atoms with E-state index < -0.39 is 50.9 Å². The van der Waals surface area contributed by atoms with Crippen molar-refractivity contribution in [2.75, 3.05) is 6.26 Å². The van der Waals surface area contributed by atoms with Crippen LogP contribution in [0, 0.1) is 11.6 Å². The fourth-order valence-corrected chi connectivity index (χ4v) is 3.64. The molecule has 0 bridgehead atoms. The Hall–Kier alpha value is -3.02. The van der Waals surface area contributed by atoms with Gasteiger partial charge < -0.3 is 9.26 Å². The van der Waals surface area contributed by atoms with Gasteiger partial charge in [0.2, 0.25) is 0 Å². The van der Waals surface area contributed by atoms with Crippen LogP contribution in [0.4, 0.5) is 26.3 Å². The number of hydrogen-bond donors (Lipinski definition) is 0. The average molecular weight is 451 g/mol. The van der Waals surface area contributed by atoms with Crippen LogP contribution in [0.25, 0.3) is 22.4 Å². The van der Waals surface area contributed by atoms with Crippen molar-refractivity contribution in [2.45, 2.75) is 17.9 Å². The Labute approximate surface area is 165 Å². The van der Waals surface area contributed by atoms with Crippen molar-refractivity contribution in [2.24, 2.45) is 0 Å². The predicted molar refractivity (Wildman–Crippen MR) is 91.9 cm³/mol. The van der Waals surface area contributed by atoms with E-state index in [1.54, 1.807) is 0 Å². The van der Waals surface area contributed by atoms with Gasteiger partial charge in [-0.15, -0.1) is 13.2 Å². The van der Waals surface area contributed by atoms with Gasteiger partial charge in [-0.3, -0.25) is 0 Å². The van der Waals surface area contributed by atoms with E-state index in [4.69, 9.17) is 4.52 Å². The maximum atomic E-state index is 14.3. The molecule has 160 valence electrons. The number of hydrogen-bond acceptors (Lipinski definition) is 5. The first kappa shape index (κ1) is 21.7. The number of rotatable bonds is 5. The van der Waals surface area contributed by atoms with Crippen LogP contribution in [0.15, 0.2) is 45.8 Å². The first-order chi connectivity index (χ1) is 13.9. The molecule has 0 amide bonds. The van der Waals surface area contributed by atoms with Crippen molar-refractivity contribution < 1.29 is 44.0 Å². The lowest BCUT2D eigenvalue weighted by molar-refractivity contribution is -0.274. The van der Waals surface area contributed by atoms with E-state index in [9.17, 15) is 34.8 Å². The van der Waals surface area contributed by atoms with Gasteiger partial charge in [0.1, 0.15) is 28.0 Å². The Balaban J connectivity index is 2.18. The molecule has 1 aromatic heterocycles. The summed E-state index contributed by atoms with van der Waals surface area (Å²) in [7, 11) is -4.24. The van der Waals surface area contributed by atoms with Gasteiger partial charge >= 0.3 is 6.36 Å². The average Bonchev–Trinajstić information content (AvgIpc) is 3.02. The van der Waals surface area contributed by atoms with Crippen LogP contribution < -0.4 is 4.74 Å². The lowest BCUT2D eigenvalue weighted by Crippen LogP contribution is -2.17. The van der Waals surface area contributed by atoms with E-state index in [2.05, 4.69) is 9.89 Å². The van der Waals surface area contributed by atoms with Crippen molar-refractivity contribution in [3.63, 3.8) is 0 Å². The van der Waals surface area contributed by atoms with E-state index >= 15 is 0 Å². The molecule has 0 aliphatic heterocycles. The zero-order chi connectivity index (χ0) is 22.3. The van der Waals surface area contributed by atoms with Crippen molar-refractivity contribution in [1.82, 2.24) is 5.16 Å². The summed E-state index contributed by atoms with van der Waals surface area (Å²) >= 11 is 0. The summed E-state index contributed by atoms with van der Waals surface area (Å²) in [4.78, 5) is -1.17. The molecule has 0 aliphatic rings. The van der Waals surface area contributed by atoms with Gasteiger partial charge in [0.25, 0.3) is 0 Å². The Morgan fingerprint density at radius 1 is 1.07 bits per heavy atom. The zero-order valence-electron chi connectivity index (χ0n) is 14.9. The van der Waals surface area contributed by atoms with Gasteiger partial charge in [0, 0.05) is 11.8 Å². The van der Waals surface area contributed by atoms with Crippen LogP contribution in [0.2, 0.25) is 0 Å². The molecule has 0 fully saturated rings. The maximum Gasteiger partial charge on any atom is 0.573 e. The molecule has 0 spiro atoms. The summed E-state index contributed by atoms with van der Waals surface area (Å²) in [6.07, 6.45) is -4.36. The van der Waals surface area contributed by atoms with Gasteiger partial charge in [0.05, 0.1) is 5.56 Å². The molecule has 0 unspecified atom stereocenters. The minimum atomic E-state index is -4.97. The minimum absolute atomic E-state index is 0.0248. The molecule has 1 heterocycles. The monoisotopic (exact) mass is 451 g/mol. The summed E-state index contributed by atoms with van der Waals surface area (Å²) in [5, 5.41) is 3.59. The Morgan fingerprint density at radius 3 is 2.23 bits per heavy atom. The molecule has 5 nitrogen and oxygen atoms in total. The lowest BCUT2D eigenvalue weighted by Gasteiger charge is -2.10. The van der Waals surface area contributed by atoms with Gasteiger partial charge in [-0.25, -0.2) is 21.6 Å². The van der Waals surface area contributed by atoms with E-state index in [1.807, 2.05) is 0 Å². The molecule has 0 radical (unpaired) electrons. The van der Waals surface area contributed by atoms with Crippen molar-refractivity contribution >= 4 is 9.84 Å². The highest BCUT2D eigenvalue weighted by Crippen LogP contribution is 2.38. The largest absolute Gasteiger partial charge is 0.573 e. The number of aromatic nitrogens is 1. The Morgan fingerprint density at radius 2 is 1.70 bits per heavy atom. The molecule has 0 atom stereocenters. The molecule has 0 N–H and O–H groups in total. The standard InChI is InChI=1S/C18H11F6NO4S/c1-30(26,27)17-12(20)6-10(7-13(17)21)15-14(8-19)29-25-16(15)9-3-2-4-11(5-9)28-18(22,23)24/h2-7H,8H2,1H3. The summed E-state index contributed by atoms with van der Waals surface area (Å²) in [6, 6.07) is 5.71. The highest BCUT2D eigenvalue weighted by atomic mass is 32.2. The van der Waals surface area contributed by atoms with Crippen LogP contribution in [0.1, 0.15) is 5.76 Å². The highest BCUT2D eigenvalue weighted by Gasteiger charge is 2.31. The Bertz CT molecular complexity index is 1180. The maximum absolute atomic E-state index is 14.3. The number of halogens is 6. The van der Waals surface area contributed by atoms with Gasteiger partial charge in [-0.05, 0) is 29.8 Å². The third-order valence-corrected chi connectivity index (χ3v) is 5.01. The molecule has 0 aliphatic carbocycles. The van der Waals surface area contributed by atoms with Crippen LogP contribution >= 0.6 is 0 Å². The smallest absolute Gasteiger partial charge is 0.406 e. The number of benzene rings is 2. The fraction of sp³-hybridized carbons (Fsp3) is 0.167. The highest BCUT2D eigenvalue weighted by molar-refractivity contribution is 7.90. The second-order valence-electron chi connectivity index (χ2n) is 6.08. The van der Waals surface area contributed by atoms with Crippen LogP contribution in [-0.4, -0.2) is 26.2 Å². The van der Waals surface area contributed by atoms with Crippen LogP contribution in [0.3, 0.4) is 0 Å². The number of ether oxygens (including phenoxy) is 1. The summed E-state index contributed by atoms with van der Waals surface area (Å²) in [6.45, 7) is -1.25. The number of nitrogens with zero attached hydrogens (tertiary/aromatic N) is 1. The van der Waals surface area contributed by atoms with Crippen LogP contribution in [-0.2, 0) is 16.5 Å². The molecule has 30 heavy (non-hydrogen) atoms. The summed E-state index contributed by atoms with van der Waals surface area (Å²) in [5.74, 6) is -3.93. The summed E-state index contributed by atoms with van der Waals surface area (Å²) in [5.41, 5.74) is -0.813. The number of sulfone groups is 1. The second-order valence-corrected chi connectivity index (χ2v) is 8.03. The molecular weight excluding hydrogens is 440 g/mol. The van der Waals surface area contributed by atoms with Crippen molar-refractivity contribution in [1.29, 1.82) is 0 Å². The molecule has 2 aromatic carbocycles. The third-order valence-electron chi connectivity index (χ3n) is 3.88. The first-order valence-corrected chi connectivity index (χ1v) is 9.90. The number of alkyl halides is 4. The van der Waals surface area contributed by atoms with Gasteiger partial charge in [-0.1, -0.05) is 17.3 Å². The first-order valence-electron chi connectivity index (χ1n) is 8.01. The van der Waals surface area contributed by atoms with E-state index in [1.165, 1.54) is 12.1 Å². The second kappa shape index (κ2) is 7.67. The van der Waals surface area contributed by atoms with Gasteiger partial charge in [0.15, 0.2) is 22.3 Å². The predicted octanol–water partition coefficient (Wildman–Crippen LogP) is 5.06. The fourth-order valence-electron chi connectivity index (χ4n) is 2.81. The topological polar surface area (TPSA) is 69.4 Å². The Kier molecular flexibility index (Phi) is 5.54. The summed E-state index contributed by atoms with van der Waals surface area (Å²) < 4.78 is 111. The quantitative estimate of drug-likeness (QED) is 0.508. The molecule has 12 heteroatoms. The SMILES string of the molecule is CS(=O)(=O)c1c(F)cc(-c2c(-c3cccc(OC(F)(F)F)c3)noc2CF)cc1F. The van der Waals surface area contributed by atoms with E-state index in [0.29, 0.717) is 18.4 Å². The van der Waals surface area contributed by atoms with Gasteiger partial charge in [-0.2, -0.15) is 0 Å². The molecule has 3 aromatic rings. The van der Waals surface area contributed by atoms with Crippen LogP contribution in [0.5, 0.6) is 5.75 Å². The van der Waals surface area contributed by atoms with E-state index in [-0.39, 0.29) is 22.4 Å². The minimum Gasteiger partial charge on any atom is -0.406 e. The normalized spacial score (nSPS) is 12.2. The third kappa shape index (κ3) is 4.42. The molecule has 0 saturated carbocycles. The van der Waals surface area contributed by atoms with E-state index in [0.717, 1.165) is 12.1 Å². The lowest BCUT2D eigenvalue weighted by atomic mass is 9.99. The molecular formula is C18H11F6NO4S. The molecule has 0 saturated heterocycles. The van der Waals surface area contributed by atoms with Crippen molar-refractivity contribution in [3.05, 3.63) is 53.8 Å². The zero-order valence-corrected chi connectivity index (χ0v) is 15.7.